The second-order valence-electron chi connectivity index (χ2n) is 4.77. The fourth-order valence-corrected chi connectivity index (χ4v) is 2.47. The molecule has 2 unspecified atom stereocenters. The van der Waals surface area contributed by atoms with E-state index in [0.717, 1.165) is 6.42 Å². The molecule has 4 N–H and O–H groups in total. The normalized spacial score (nSPS) is 23.3. The number of likely N-dealkylation sites (tertiary alicyclic amines) is 1. The summed E-state index contributed by atoms with van der Waals surface area (Å²) in [5.74, 6) is -0.0672. The van der Waals surface area contributed by atoms with Gasteiger partial charge in [-0.25, -0.2) is 0 Å². The van der Waals surface area contributed by atoms with Crippen LogP contribution in [0.3, 0.4) is 0 Å². The van der Waals surface area contributed by atoms with E-state index in [2.05, 4.69) is 6.92 Å². The zero-order valence-corrected chi connectivity index (χ0v) is 10.3. The molecule has 1 heterocycles. The number of nitrogens with zero attached hydrogens (tertiary/aromatic N) is 1. The van der Waals surface area contributed by atoms with E-state index in [1.165, 1.54) is 18.2 Å². The molecule has 1 saturated heterocycles. The zero-order valence-electron chi connectivity index (χ0n) is 10.3. The molecule has 1 aliphatic rings. The van der Waals surface area contributed by atoms with Gasteiger partial charge in [0.25, 0.3) is 5.91 Å². The first-order valence-corrected chi connectivity index (χ1v) is 6.07. The summed E-state index contributed by atoms with van der Waals surface area (Å²) in [6.07, 6.45) is 0.910. The van der Waals surface area contributed by atoms with Gasteiger partial charge in [-0.1, -0.05) is 6.92 Å². The van der Waals surface area contributed by atoms with E-state index >= 15 is 0 Å². The van der Waals surface area contributed by atoms with Crippen molar-refractivity contribution in [2.75, 3.05) is 13.1 Å². The predicted molar refractivity (Wildman–Crippen MR) is 67.4 cm³/mol. The van der Waals surface area contributed by atoms with E-state index in [0.29, 0.717) is 19.0 Å². The first-order valence-electron chi connectivity index (χ1n) is 6.07. The fraction of sp³-hybridized carbons (Fsp3) is 0.462. The Balaban J connectivity index is 2.28. The van der Waals surface area contributed by atoms with Crippen LogP contribution in [0.5, 0.6) is 11.5 Å². The van der Waals surface area contributed by atoms with E-state index in [-0.39, 0.29) is 29.0 Å². The summed E-state index contributed by atoms with van der Waals surface area (Å²) in [6.45, 7) is 3.11. The number of carbonyl (C=O) groups is 1. The molecule has 5 nitrogen and oxygen atoms in total. The number of hydrogen-bond acceptors (Lipinski definition) is 4. The summed E-state index contributed by atoms with van der Waals surface area (Å²) in [4.78, 5) is 14.0. The van der Waals surface area contributed by atoms with Crippen LogP contribution in [-0.2, 0) is 0 Å². The quantitative estimate of drug-likeness (QED) is 0.681. The lowest BCUT2D eigenvalue weighted by atomic mass is 10.0. The van der Waals surface area contributed by atoms with Crippen molar-refractivity contribution in [3.05, 3.63) is 23.8 Å². The summed E-state index contributed by atoms with van der Waals surface area (Å²) in [7, 11) is 0. The molecule has 0 radical (unpaired) electrons. The third-order valence-electron chi connectivity index (χ3n) is 3.60. The summed E-state index contributed by atoms with van der Waals surface area (Å²) in [5, 5.41) is 19.1. The minimum Gasteiger partial charge on any atom is -0.508 e. The highest BCUT2D eigenvalue weighted by Crippen LogP contribution is 2.29. The first-order chi connectivity index (χ1) is 8.54. The van der Waals surface area contributed by atoms with E-state index in [4.69, 9.17) is 5.73 Å². The van der Waals surface area contributed by atoms with Gasteiger partial charge in [-0.3, -0.25) is 4.79 Å². The van der Waals surface area contributed by atoms with Crippen LogP contribution in [0.25, 0.3) is 0 Å². The SMILES string of the molecule is CC1CCN(C(=O)c2cc(O)ccc2O)C1CN. The Bertz CT molecular complexity index is 462. The molecule has 1 fully saturated rings. The Morgan fingerprint density at radius 1 is 1.50 bits per heavy atom. The highest BCUT2D eigenvalue weighted by atomic mass is 16.3. The van der Waals surface area contributed by atoms with Gasteiger partial charge in [-0.2, -0.15) is 0 Å². The van der Waals surface area contributed by atoms with Gasteiger partial charge < -0.3 is 20.8 Å². The van der Waals surface area contributed by atoms with Crippen molar-refractivity contribution in [2.45, 2.75) is 19.4 Å². The van der Waals surface area contributed by atoms with Gasteiger partial charge in [0.1, 0.15) is 11.5 Å². The number of nitrogens with two attached hydrogens (primary N) is 1. The third kappa shape index (κ3) is 2.13. The maximum atomic E-state index is 12.3. The number of aromatic hydroxyl groups is 2. The molecule has 0 spiro atoms. The maximum absolute atomic E-state index is 12.3. The Kier molecular flexibility index (Phi) is 3.43. The Morgan fingerprint density at radius 3 is 2.89 bits per heavy atom. The van der Waals surface area contributed by atoms with Gasteiger partial charge in [-0.05, 0) is 30.5 Å². The summed E-state index contributed by atoms with van der Waals surface area (Å²) in [5.41, 5.74) is 5.82. The zero-order chi connectivity index (χ0) is 13.3. The fourth-order valence-electron chi connectivity index (χ4n) is 2.47. The molecule has 1 amide bonds. The van der Waals surface area contributed by atoms with Crippen LogP contribution in [0.2, 0.25) is 0 Å². The van der Waals surface area contributed by atoms with E-state index < -0.39 is 0 Å². The number of amides is 1. The minimum absolute atomic E-state index is 0.000695. The molecule has 98 valence electrons. The topological polar surface area (TPSA) is 86.8 Å². The van der Waals surface area contributed by atoms with Crippen LogP contribution in [0.4, 0.5) is 0 Å². The number of benzene rings is 1. The highest BCUT2D eigenvalue weighted by molar-refractivity contribution is 5.97. The molecular weight excluding hydrogens is 232 g/mol. The molecule has 2 rings (SSSR count). The largest absolute Gasteiger partial charge is 0.508 e. The van der Waals surface area contributed by atoms with Crippen LogP contribution in [0, 0.1) is 5.92 Å². The van der Waals surface area contributed by atoms with Crippen LogP contribution in [0.15, 0.2) is 18.2 Å². The maximum Gasteiger partial charge on any atom is 0.258 e. The molecule has 1 aliphatic heterocycles. The van der Waals surface area contributed by atoms with Crippen molar-refractivity contribution in [1.82, 2.24) is 4.90 Å². The van der Waals surface area contributed by atoms with Gasteiger partial charge in [0, 0.05) is 19.1 Å². The monoisotopic (exact) mass is 250 g/mol. The molecule has 1 aromatic rings. The van der Waals surface area contributed by atoms with Crippen molar-refractivity contribution < 1.29 is 15.0 Å². The van der Waals surface area contributed by atoms with Gasteiger partial charge in [0.2, 0.25) is 0 Å². The standard InChI is InChI=1S/C13H18N2O3/c1-8-4-5-15(11(8)7-14)13(18)10-6-9(16)2-3-12(10)17/h2-3,6,8,11,16-17H,4-5,7,14H2,1H3. The average molecular weight is 250 g/mol. The molecule has 0 saturated carbocycles. The lowest BCUT2D eigenvalue weighted by Gasteiger charge is -2.26. The van der Waals surface area contributed by atoms with Crippen LogP contribution >= 0.6 is 0 Å². The van der Waals surface area contributed by atoms with E-state index in [1.807, 2.05) is 0 Å². The lowest BCUT2D eigenvalue weighted by Crippen LogP contribution is -2.42. The minimum atomic E-state index is -0.275. The number of phenolic OH excluding ortho intramolecular Hbond substituents is 2. The molecule has 2 atom stereocenters. The second kappa shape index (κ2) is 4.86. The van der Waals surface area contributed by atoms with Gasteiger partial charge in [-0.15, -0.1) is 0 Å². The average Bonchev–Trinajstić information content (AvgIpc) is 2.72. The van der Waals surface area contributed by atoms with Crippen molar-refractivity contribution in [3.8, 4) is 11.5 Å². The van der Waals surface area contributed by atoms with Gasteiger partial charge in [0.15, 0.2) is 0 Å². The highest BCUT2D eigenvalue weighted by Gasteiger charge is 2.34. The van der Waals surface area contributed by atoms with Gasteiger partial charge in [0.05, 0.1) is 5.56 Å². The summed E-state index contributed by atoms with van der Waals surface area (Å²) < 4.78 is 0. The Labute approximate surface area is 106 Å². The number of phenols is 2. The third-order valence-corrected chi connectivity index (χ3v) is 3.60. The first kappa shape index (κ1) is 12.7. The van der Waals surface area contributed by atoms with Crippen LogP contribution in [-0.4, -0.2) is 40.2 Å². The second-order valence-corrected chi connectivity index (χ2v) is 4.77. The molecule has 18 heavy (non-hydrogen) atoms. The number of carbonyl (C=O) groups excluding carboxylic acids is 1. The Hall–Kier alpha value is -1.75. The van der Waals surface area contributed by atoms with E-state index in [1.54, 1.807) is 4.90 Å². The van der Waals surface area contributed by atoms with Crippen molar-refractivity contribution in [2.24, 2.45) is 11.7 Å². The van der Waals surface area contributed by atoms with Crippen LogP contribution in [0.1, 0.15) is 23.7 Å². The Morgan fingerprint density at radius 2 is 2.22 bits per heavy atom. The lowest BCUT2D eigenvalue weighted by molar-refractivity contribution is 0.0724. The number of rotatable bonds is 2. The molecule has 1 aromatic carbocycles. The molecular formula is C13H18N2O3. The van der Waals surface area contributed by atoms with Crippen LogP contribution < -0.4 is 5.73 Å². The molecule has 0 bridgehead atoms. The smallest absolute Gasteiger partial charge is 0.258 e. The predicted octanol–water partition coefficient (Wildman–Crippen LogP) is 0.907. The van der Waals surface area contributed by atoms with Crippen molar-refractivity contribution in [1.29, 1.82) is 0 Å². The van der Waals surface area contributed by atoms with Gasteiger partial charge >= 0.3 is 0 Å². The summed E-state index contributed by atoms with van der Waals surface area (Å²) >= 11 is 0. The molecule has 0 aliphatic carbocycles. The van der Waals surface area contributed by atoms with E-state index in [9.17, 15) is 15.0 Å². The van der Waals surface area contributed by atoms with Crippen molar-refractivity contribution in [3.63, 3.8) is 0 Å². The summed E-state index contributed by atoms with van der Waals surface area (Å²) in [6, 6.07) is 3.95. The number of hydrogen-bond donors (Lipinski definition) is 3. The molecule has 5 heteroatoms. The molecule has 0 aromatic heterocycles. The van der Waals surface area contributed by atoms with Crippen molar-refractivity contribution >= 4 is 5.91 Å².